The third kappa shape index (κ3) is 3.56. The second-order valence-electron chi connectivity index (χ2n) is 6.18. The number of hydrogen-bond donors (Lipinski definition) is 0. The van der Waals surface area contributed by atoms with E-state index in [1.807, 2.05) is 16.3 Å². The van der Waals surface area contributed by atoms with Crippen molar-refractivity contribution in [1.29, 1.82) is 0 Å². The highest BCUT2D eigenvalue weighted by atomic mass is 32.1. The molecule has 0 N–H and O–H groups in total. The summed E-state index contributed by atoms with van der Waals surface area (Å²) in [5.74, 6) is -0.0863. The molecule has 1 atom stereocenters. The Bertz CT molecular complexity index is 1010. The number of thiophene rings is 2. The number of nitro benzene ring substituents is 1. The molecule has 0 radical (unpaired) electrons. The van der Waals surface area contributed by atoms with E-state index in [0.717, 1.165) is 11.3 Å². The van der Waals surface area contributed by atoms with E-state index in [2.05, 4.69) is 17.5 Å². The van der Waals surface area contributed by atoms with E-state index < -0.39 is 4.92 Å². The lowest BCUT2D eigenvalue weighted by molar-refractivity contribution is -0.384. The largest absolute Gasteiger partial charge is 0.327 e. The third-order valence-corrected chi connectivity index (χ3v) is 6.48. The van der Waals surface area contributed by atoms with Gasteiger partial charge in [-0.3, -0.25) is 14.9 Å². The minimum absolute atomic E-state index is 0.0157. The number of non-ortho nitro benzene ring substituents is 1. The molecule has 0 unspecified atom stereocenters. The molecule has 1 aliphatic rings. The van der Waals surface area contributed by atoms with Crippen LogP contribution in [0, 0.1) is 10.1 Å². The van der Waals surface area contributed by atoms with Gasteiger partial charge >= 0.3 is 0 Å². The maximum Gasteiger partial charge on any atom is 0.270 e. The van der Waals surface area contributed by atoms with E-state index in [9.17, 15) is 14.9 Å². The molecule has 2 aromatic heterocycles. The van der Waals surface area contributed by atoms with Crippen LogP contribution in [0.1, 0.15) is 26.9 Å². The maximum absolute atomic E-state index is 12.9. The molecule has 0 saturated carbocycles. The Morgan fingerprint density at radius 2 is 2.07 bits per heavy atom. The summed E-state index contributed by atoms with van der Waals surface area (Å²) in [6.07, 6.45) is 4.01. The third-order valence-electron chi connectivity index (χ3n) is 4.56. The average molecular weight is 396 g/mol. The van der Waals surface area contributed by atoms with Crippen molar-refractivity contribution in [3.63, 3.8) is 0 Å². The van der Waals surface area contributed by atoms with Crippen LogP contribution < -0.4 is 0 Å². The minimum atomic E-state index is -0.436. The van der Waals surface area contributed by atoms with Crippen molar-refractivity contribution < 1.29 is 9.72 Å². The number of rotatable bonds is 4. The fourth-order valence-electron chi connectivity index (χ4n) is 3.31. The Morgan fingerprint density at radius 1 is 1.19 bits per heavy atom. The van der Waals surface area contributed by atoms with Crippen LogP contribution in [-0.4, -0.2) is 22.3 Å². The van der Waals surface area contributed by atoms with E-state index in [1.54, 1.807) is 40.9 Å². The van der Waals surface area contributed by atoms with Crippen molar-refractivity contribution in [2.75, 3.05) is 6.54 Å². The summed E-state index contributed by atoms with van der Waals surface area (Å²) < 4.78 is 0. The number of fused-ring (bicyclic) bond motifs is 1. The van der Waals surface area contributed by atoms with Gasteiger partial charge < -0.3 is 4.90 Å². The number of carbonyl (C=O) groups is 1. The molecule has 3 aromatic rings. The summed E-state index contributed by atoms with van der Waals surface area (Å²) in [6.45, 7) is 0.661. The molecule has 1 aliphatic heterocycles. The summed E-state index contributed by atoms with van der Waals surface area (Å²) >= 11 is 3.39. The molecule has 0 fully saturated rings. The number of amides is 1. The summed E-state index contributed by atoms with van der Waals surface area (Å²) in [5.41, 5.74) is 1.85. The summed E-state index contributed by atoms with van der Waals surface area (Å²) in [6, 6.07) is 12.4. The molecule has 0 bridgehead atoms. The molecule has 136 valence electrons. The molecule has 7 heteroatoms. The fourth-order valence-corrected chi connectivity index (χ4v) is 5.07. The highest BCUT2D eigenvalue weighted by Gasteiger charge is 2.32. The Balaban J connectivity index is 1.61. The Hall–Kier alpha value is -2.77. The van der Waals surface area contributed by atoms with E-state index in [0.29, 0.717) is 12.1 Å². The highest BCUT2D eigenvalue weighted by Crippen LogP contribution is 2.39. The van der Waals surface area contributed by atoms with Gasteiger partial charge in [-0.1, -0.05) is 18.2 Å². The van der Waals surface area contributed by atoms with Gasteiger partial charge in [0, 0.05) is 34.5 Å². The molecule has 3 heterocycles. The van der Waals surface area contributed by atoms with Gasteiger partial charge in [0.05, 0.1) is 11.0 Å². The lowest BCUT2D eigenvalue weighted by Crippen LogP contribution is -2.38. The quantitative estimate of drug-likeness (QED) is 0.358. The molecular formula is C20H16N2O3S2. The van der Waals surface area contributed by atoms with Gasteiger partial charge in [0.1, 0.15) is 0 Å². The Kier molecular flexibility index (Phi) is 4.87. The van der Waals surface area contributed by atoms with Crippen LogP contribution in [0.2, 0.25) is 0 Å². The summed E-state index contributed by atoms with van der Waals surface area (Å²) in [4.78, 5) is 27.8. The Morgan fingerprint density at radius 3 is 2.85 bits per heavy atom. The number of nitrogens with zero attached hydrogens (tertiary/aromatic N) is 2. The van der Waals surface area contributed by atoms with Crippen LogP contribution in [0.15, 0.2) is 59.3 Å². The molecule has 1 aromatic carbocycles. The zero-order chi connectivity index (χ0) is 18.8. The predicted octanol–water partition coefficient (Wildman–Crippen LogP) is 4.91. The maximum atomic E-state index is 12.9. The monoisotopic (exact) mass is 396 g/mol. The van der Waals surface area contributed by atoms with E-state index in [-0.39, 0.29) is 17.6 Å². The van der Waals surface area contributed by atoms with Crippen molar-refractivity contribution in [2.24, 2.45) is 0 Å². The van der Waals surface area contributed by atoms with Gasteiger partial charge in [0.15, 0.2) is 0 Å². The highest BCUT2D eigenvalue weighted by molar-refractivity contribution is 7.10. The number of carbonyl (C=O) groups excluding carboxylic acids is 1. The van der Waals surface area contributed by atoms with Crippen molar-refractivity contribution in [3.8, 4) is 0 Å². The first kappa shape index (κ1) is 17.6. The molecule has 4 rings (SSSR count). The lowest BCUT2D eigenvalue weighted by atomic mass is 9.98. The zero-order valence-electron chi connectivity index (χ0n) is 14.3. The first-order chi connectivity index (χ1) is 13.1. The van der Waals surface area contributed by atoms with E-state index >= 15 is 0 Å². The van der Waals surface area contributed by atoms with Crippen LogP contribution in [0.25, 0.3) is 6.08 Å². The summed E-state index contributed by atoms with van der Waals surface area (Å²) in [7, 11) is 0. The van der Waals surface area contributed by atoms with Crippen LogP contribution in [-0.2, 0) is 11.2 Å². The minimum Gasteiger partial charge on any atom is -0.327 e. The molecule has 0 spiro atoms. The molecule has 0 saturated heterocycles. The first-order valence-electron chi connectivity index (χ1n) is 8.46. The molecular weight excluding hydrogens is 380 g/mol. The van der Waals surface area contributed by atoms with E-state index in [4.69, 9.17) is 0 Å². The van der Waals surface area contributed by atoms with Crippen LogP contribution in [0.3, 0.4) is 0 Å². The van der Waals surface area contributed by atoms with Crippen LogP contribution in [0.4, 0.5) is 5.69 Å². The van der Waals surface area contributed by atoms with Gasteiger partial charge in [-0.2, -0.15) is 0 Å². The fraction of sp³-hybridized carbons (Fsp3) is 0.150. The van der Waals surface area contributed by atoms with Crippen LogP contribution >= 0.6 is 22.7 Å². The average Bonchev–Trinajstić information content (AvgIpc) is 3.37. The van der Waals surface area contributed by atoms with Crippen LogP contribution in [0.5, 0.6) is 0 Å². The Labute approximate surface area is 164 Å². The van der Waals surface area contributed by atoms with Crippen molar-refractivity contribution in [1.82, 2.24) is 4.90 Å². The van der Waals surface area contributed by atoms with E-state index in [1.165, 1.54) is 28.6 Å². The SMILES string of the molecule is O=C(/C=C/c1cccc([N+](=O)[O-])c1)N1CCc2sccc2[C@@H]1c1cccs1. The number of nitro groups is 1. The summed E-state index contributed by atoms with van der Waals surface area (Å²) in [5, 5.41) is 15.0. The van der Waals surface area contributed by atoms with Gasteiger partial charge in [0.2, 0.25) is 5.91 Å². The standard InChI is InChI=1S/C20H16N2O3S2/c23-19(7-6-14-3-1-4-15(13-14)22(24)25)21-10-8-17-16(9-12-27-17)20(21)18-5-2-11-26-18/h1-7,9,11-13,20H,8,10H2/b7-6+/t20-/m1/s1. The van der Waals surface area contributed by atoms with Crippen molar-refractivity contribution >= 4 is 40.3 Å². The molecule has 1 amide bonds. The normalized spacial score (nSPS) is 16.4. The predicted molar refractivity (Wildman–Crippen MR) is 108 cm³/mol. The molecule has 5 nitrogen and oxygen atoms in total. The number of benzene rings is 1. The smallest absolute Gasteiger partial charge is 0.270 e. The van der Waals surface area contributed by atoms with Crippen molar-refractivity contribution in [3.05, 3.63) is 90.3 Å². The molecule has 27 heavy (non-hydrogen) atoms. The van der Waals surface area contributed by atoms with Gasteiger partial charge in [0.25, 0.3) is 5.69 Å². The second kappa shape index (κ2) is 7.46. The van der Waals surface area contributed by atoms with Gasteiger partial charge in [-0.25, -0.2) is 0 Å². The molecule has 0 aliphatic carbocycles. The first-order valence-corrected chi connectivity index (χ1v) is 10.2. The number of hydrogen-bond acceptors (Lipinski definition) is 5. The lowest BCUT2D eigenvalue weighted by Gasteiger charge is -2.34. The van der Waals surface area contributed by atoms with Gasteiger partial charge in [-0.15, -0.1) is 22.7 Å². The topological polar surface area (TPSA) is 63.4 Å². The van der Waals surface area contributed by atoms with Gasteiger partial charge in [-0.05, 0) is 46.5 Å². The second-order valence-corrected chi connectivity index (χ2v) is 8.16. The zero-order valence-corrected chi connectivity index (χ0v) is 15.9. The van der Waals surface area contributed by atoms with Crippen molar-refractivity contribution in [2.45, 2.75) is 12.5 Å².